The lowest BCUT2D eigenvalue weighted by Crippen LogP contribution is -2.33. The topological polar surface area (TPSA) is 75.6 Å². The molecule has 2 fully saturated rings. The number of sulfonamides is 1. The summed E-state index contributed by atoms with van der Waals surface area (Å²) in [5, 5.41) is 0. The minimum Gasteiger partial charge on any atom is -0.494 e. The van der Waals surface area contributed by atoms with Crippen LogP contribution in [0.25, 0.3) is 0 Å². The number of ether oxygens (including phenoxy) is 1. The zero-order chi connectivity index (χ0) is 18.3. The fourth-order valence-corrected chi connectivity index (χ4v) is 5.29. The van der Waals surface area contributed by atoms with Gasteiger partial charge in [-0.2, -0.15) is 4.31 Å². The third-order valence-corrected chi connectivity index (χ3v) is 6.88. The average Bonchev–Trinajstić information content (AvgIpc) is 3.22. The van der Waals surface area contributed by atoms with Crippen LogP contribution in [0, 0.1) is 17.7 Å². The Morgan fingerprint density at radius 1 is 1.12 bits per heavy atom. The van der Waals surface area contributed by atoms with Crippen LogP contribution in [-0.2, 0) is 10.0 Å². The van der Waals surface area contributed by atoms with Gasteiger partial charge >= 0.3 is 0 Å². The highest BCUT2D eigenvalue weighted by Crippen LogP contribution is 2.35. The third kappa shape index (κ3) is 2.90. The SMILES string of the molecule is COc1ccc(S(=O)(=O)N2CC3CN(c4ncccn4)CC3C2)cc1F. The molecule has 0 N–H and O–H groups in total. The molecule has 2 aliphatic heterocycles. The fourth-order valence-electron chi connectivity index (χ4n) is 3.72. The lowest BCUT2D eigenvalue weighted by atomic mass is 10.0. The number of aromatic nitrogens is 2. The van der Waals surface area contributed by atoms with Crippen LogP contribution in [0.5, 0.6) is 5.75 Å². The lowest BCUT2D eigenvalue weighted by molar-refractivity contribution is 0.385. The molecule has 9 heteroatoms. The second kappa shape index (κ2) is 6.48. The highest BCUT2D eigenvalue weighted by atomic mass is 32.2. The number of nitrogens with zero attached hydrogens (tertiary/aromatic N) is 4. The number of hydrogen-bond acceptors (Lipinski definition) is 6. The van der Waals surface area contributed by atoms with E-state index in [1.807, 2.05) is 0 Å². The molecule has 2 saturated heterocycles. The van der Waals surface area contributed by atoms with Crippen molar-refractivity contribution in [3.05, 3.63) is 42.5 Å². The summed E-state index contributed by atoms with van der Waals surface area (Å²) in [4.78, 5) is 10.6. The zero-order valence-electron chi connectivity index (χ0n) is 14.2. The number of fused-ring (bicyclic) bond motifs is 1. The van der Waals surface area contributed by atoms with E-state index in [2.05, 4.69) is 14.9 Å². The predicted molar refractivity (Wildman–Crippen MR) is 92.9 cm³/mol. The van der Waals surface area contributed by atoms with E-state index in [1.54, 1.807) is 18.5 Å². The maximum atomic E-state index is 13.9. The standard InChI is InChI=1S/C17H19FN4O3S/c1-25-16-4-3-14(7-15(16)18)26(23,24)22-10-12-8-21(9-13(12)11-22)17-19-5-2-6-20-17/h2-7,12-13H,8-11H2,1H3. The largest absolute Gasteiger partial charge is 0.494 e. The molecule has 26 heavy (non-hydrogen) atoms. The van der Waals surface area contributed by atoms with Crippen LogP contribution in [0.3, 0.4) is 0 Å². The Bertz CT molecular complexity index is 895. The number of benzene rings is 1. The van der Waals surface area contributed by atoms with Crippen molar-refractivity contribution in [2.24, 2.45) is 11.8 Å². The van der Waals surface area contributed by atoms with E-state index >= 15 is 0 Å². The maximum absolute atomic E-state index is 13.9. The smallest absolute Gasteiger partial charge is 0.243 e. The Morgan fingerprint density at radius 3 is 2.35 bits per heavy atom. The van der Waals surface area contributed by atoms with Crippen LogP contribution in [0.2, 0.25) is 0 Å². The summed E-state index contributed by atoms with van der Waals surface area (Å²) < 4.78 is 45.9. The summed E-state index contributed by atoms with van der Waals surface area (Å²) in [5.74, 6) is 0.461. The number of methoxy groups -OCH3 is 1. The highest BCUT2D eigenvalue weighted by molar-refractivity contribution is 7.89. The molecule has 2 atom stereocenters. The first-order chi connectivity index (χ1) is 12.5. The maximum Gasteiger partial charge on any atom is 0.243 e. The second-order valence-electron chi connectivity index (χ2n) is 6.59. The Labute approximate surface area is 151 Å². The van der Waals surface area contributed by atoms with Gasteiger partial charge in [-0.05, 0) is 36.1 Å². The van der Waals surface area contributed by atoms with Crippen molar-refractivity contribution in [1.29, 1.82) is 0 Å². The molecule has 0 saturated carbocycles. The van der Waals surface area contributed by atoms with Crippen molar-refractivity contribution < 1.29 is 17.5 Å². The summed E-state index contributed by atoms with van der Waals surface area (Å²) in [7, 11) is -2.38. The second-order valence-corrected chi connectivity index (χ2v) is 8.53. The van der Waals surface area contributed by atoms with Gasteiger partial charge in [-0.15, -0.1) is 0 Å². The normalized spacial score (nSPS) is 23.2. The predicted octanol–water partition coefficient (Wildman–Crippen LogP) is 1.38. The zero-order valence-corrected chi connectivity index (χ0v) is 15.1. The Hall–Kier alpha value is -2.26. The van der Waals surface area contributed by atoms with E-state index in [1.165, 1.54) is 23.5 Å². The molecule has 0 amide bonds. The molecule has 2 unspecified atom stereocenters. The van der Waals surface area contributed by atoms with Crippen LogP contribution in [0.4, 0.5) is 10.3 Å². The van der Waals surface area contributed by atoms with Gasteiger partial charge in [-0.25, -0.2) is 22.8 Å². The molecule has 4 rings (SSSR count). The van der Waals surface area contributed by atoms with Gasteiger partial charge in [0.15, 0.2) is 11.6 Å². The van der Waals surface area contributed by atoms with Crippen molar-refractivity contribution in [1.82, 2.24) is 14.3 Å². The monoisotopic (exact) mass is 378 g/mol. The molecule has 0 radical (unpaired) electrons. The van der Waals surface area contributed by atoms with Crippen molar-refractivity contribution in [2.45, 2.75) is 4.90 Å². The van der Waals surface area contributed by atoms with Gasteiger partial charge in [0.2, 0.25) is 16.0 Å². The molecular formula is C17H19FN4O3S. The molecule has 2 aliphatic rings. The summed E-state index contributed by atoms with van der Waals surface area (Å²) in [6.45, 7) is 2.28. The summed E-state index contributed by atoms with van der Waals surface area (Å²) in [5.41, 5.74) is 0. The molecule has 2 aromatic rings. The van der Waals surface area contributed by atoms with E-state index in [0.717, 1.165) is 19.2 Å². The summed E-state index contributed by atoms with van der Waals surface area (Å²) in [6.07, 6.45) is 3.40. The summed E-state index contributed by atoms with van der Waals surface area (Å²) in [6, 6.07) is 5.51. The van der Waals surface area contributed by atoms with Crippen molar-refractivity contribution >= 4 is 16.0 Å². The number of rotatable bonds is 4. The molecule has 3 heterocycles. The number of anilines is 1. The van der Waals surface area contributed by atoms with E-state index < -0.39 is 15.8 Å². The molecule has 1 aromatic heterocycles. The number of halogens is 1. The molecule has 138 valence electrons. The quantitative estimate of drug-likeness (QED) is 0.800. The van der Waals surface area contributed by atoms with Crippen LogP contribution in [-0.4, -0.2) is 56.0 Å². The van der Waals surface area contributed by atoms with Gasteiger partial charge in [0, 0.05) is 38.6 Å². The lowest BCUT2D eigenvalue weighted by Gasteiger charge is -2.21. The Morgan fingerprint density at radius 2 is 1.77 bits per heavy atom. The van der Waals surface area contributed by atoms with Crippen molar-refractivity contribution in [3.8, 4) is 5.75 Å². The van der Waals surface area contributed by atoms with Gasteiger partial charge in [0.25, 0.3) is 0 Å². The Balaban J connectivity index is 1.49. The summed E-state index contributed by atoms with van der Waals surface area (Å²) >= 11 is 0. The van der Waals surface area contributed by atoms with Crippen LogP contribution < -0.4 is 9.64 Å². The van der Waals surface area contributed by atoms with Gasteiger partial charge in [-0.1, -0.05) is 0 Å². The van der Waals surface area contributed by atoms with Gasteiger partial charge in [-0.3, -0.25) is 0 Å². The Kier molecular flexibility index (Phi) is 4.28. The van der Waals surface area contributed by atoms with Gasteiger partial charge in [0.05, 0.1) is 12.0 Å². The molecule has 0 spiro atoms. The van der Waals surface area contributed by atoms with Crippen LogP contribution >= 0.6 is 0 Å². The van der Waals surface area contributed by atoms with Crippen LogP contribution in [0.1, 0.15) is 0 Å². The molecule has 1 aromatic carbocycles. The minimum atomic E-state index is -3.72. The first-order valence-electron chi connectivity index (χ1n) is 8.34. The van der Waals surface area contributed by atoms with E-state index in [0.29, 0.717) is 19.0 Å². The minimum absolute atomic E-state index is 0.0285. The molecular weight excluding hydrogens is 359 g/mol. The fraction of sp³-hybridized carbons (Fsp3) is 0.412. The van der Waals surface area contributed by atoms with E-state index in [-0.39, 0.29) is 22.5 Å². The van der Waals surface area contributed by atoms with E-state index in [4.69, 9.17) is 4.74 Å². The van der Waals surface area contributed by atoms with Gasteiger partial charge in [0.1, 0.15) is 0 Å². The molecule has 0 aliphatic carbocycles. The molecule has 7 nitrogen and oxygen atoms in total. The first kappa shape index (κ1) is 17.2. The van der Waals surface area contributed by atoms with Crippen LogP contribution in [0.15, 0.2) is 41.6 Å². The van der Waals surface area contributed by atoms with E-state index in [9.17, 15) is 12.8 Å². The number of hydrogen-bond donors (Lipinski definition) is 0. The van der Waals surface area contributed by atoms with Crippen molar-refractivity contribution in [2.75, 3.05) is 38.2 Å². The first-order valence-corrected chi connectivity index (χ1v) is 9.78. The van der Waals surface area contributed by atoms with Crippen molar-refractivity contribution in [3.63, 3.8) is 0 Å². The third-order valence-electron chi connectivity index (χ3n) is 5.05. The highest BCUT2D eigenvalue weighted by Gasteiger charge is 2.44. The van der Waals surface area contributed by atoms with Gasteiger partial charge < -0.3 is 9.64 Å². The average molecular weight is 378 g/mol. The molecule has 0 bridgehead atoms.